The predicted molar refractivity (Wildman–Crippen MR) is 121 cm³/mol. The third-order valence-electron chi connectivity index (χ3n) is 5.31. The van der Waals surface area contributed by atoms with Crippen LogP contribution in [0.15, 0.2) is 36.4 Å². The molecule has 0 amide bonds. The second-order valence-corrected chi connectivity index (χ2v) is 9.26. The monoisotopic (exact) mass is 401 g/mol. The Morgan fingerprint density at radius 1 is 1.07 bits per heavy atom. The third-order valence-corrected chi connectivity index (χ3v) is 6.66. The summed E-state index contributed by atoms with van der Waals surface area (Å²) in [5.41, 5.74) is 3.78. The molecule has 2 aromatic rings. The van der Waals surface area contributed by atoms with Gasteiger partial charge in [-0.1, -0.05) is 25.4 Å². The van der Waals surface area contributed by atoms with Gasteiger partial charge in [-0.05, 0) is 57.0 Å². The zero-order valence-corrected chi connectivity index (χ0v) is 18.6. The zero-order chi connectivity index (χ0) is 19.6. The molecule has 2 heterocycles. The minimum atomic E-state index is -0.0535. The highest BCUT2D eigenvalue weighted by Gasteiger charge is 2.42. The number of allylic oxidation sites excluding steroid dienone is 1. The summed E-state index contributed by atoms with van der Waals surface area (Å²) in [6.45, 7) is 11.3. The Morgan fingerprint density at radius 2 is 1.78 bits per heavy atom. The minimum absolute atomic E-state index is 0.0535. The molecule has 0 bridgehead atoms. The van der Waals surface area contributed by atoms with E-state index in [1.165, 1.54) is 39.7 Å². The summed E-state index contributed by atoms with van der Waals surface area (Å²) in [6.07, 6.45) is 6.89. The maximum absolute atomic E-state index is 6.25. The molecular formula is C23H30ClN2S+. The van der Waals surface area contributed by atoms with Crippen LogP contribution in [-0.2, 0) is 5.41 Å². The van der Waals surface area contributed by atoms with Crippen molar-refractivity contribution in [3.63, 3.8) is 0 Å². The minimum Gasteiger partial charge on any atom is -0.363 e. The normalized spacial score (nSPS) is 15.6. The molecule has 1 aliphatic heterocycles. The van der Waals surface area contributed by atoms with Crippen LogP contribution in [0.25, 0.3) is 6.08 Å². The van der Waals surface area contributed by atoms with Gasteiger partial charge in [0.05, 0.1) is 10.4 Å². The van der Waals surface area contributed by atoms with E-state index in [1.807, 2.05) is 17.4 Å². The number of fused-ring (bicyclic) bond motifs is 1. The van der Waals surface area contributed by atoms with Crippen molar-refractivity contribution in [3.05, 3.63) is 51.9 Å². The van der Waals surface area contributed by atoms with Crippen LogP contribution in [0, 0.1) is 0 Å². The lowest BCUT2D eigenvalue weighted by Gasteiger charge is -2.21. The number of rotatable bonds is 7. The Kier molecular flexibility index (Phi) is 6.12. The van der Waals surface area contributed by atoms with Crippen LogP contribution in [0.2, 0.25) is 5.02 Å². The van der Waals surface area contributed by atoms with E-state index < -0.39 is 0 Å². The molecule has 0 fully saturated rings. The smallest absolute Gasteiger partial charge is 0.209 e. The van der Waals surface area contributed by atoms with Crippen molar-refractivity contribution in [1.82, 2.24) is 0 Å². The fraction of sp³-hybridized carbons (Fsp3) is 0.435. The average Bonchev–Trinajstić information content (AvgIpc) is 3.16. The van der Waals surface area contributed by atoms with Gasteiger partial charge in [0.15, 0.2) is 5.71 Å². The summed E-state index contributed by atoms with van der Waals surface area (Å²) in [4.78, 5) is 3.80. The molecule has 0 N–H and O–H groups in total. The van der Waals surface area contributed by atoms with E-state index in [4.69, 9.17) is 11.6 Å². The number of benzene rings is 1. The second kappa shape index (κ2) is 8.20. The van der Waals surface area contributed by atoms with E-state index in [9.17, 15) is 0 Å². The number of thiophene rings is 1. The molecule has 1 aromatic heterocycles. The van der Waals surface area contributed by atoms with Gasteiger partial charge in [-0.2, -0.15) is 4.58 Å². The first-order valence-corrected chi connectivity index (χ1v) is 11.0. The van der Waals surface area contributed by atoms with E-state index in [0.717, 1.165) is 18.1 Å². The van der Waals surface area contributed by atoms with Gasteiger partial charge < -0.3 is 4.90 Å². The lowest BCUT2D eigenvalue weighted by Crippen LogP contribution is -2.26. The molecule has 3 rings (SSSR count). The maximum atomic E-state index is 6.25. The Labute approximate surface area is 172 Å². The first-order chi connectivity index (χ1) is 12.9. The molecule has 1 aliphatic rings. The van der Waals surface area contributed by atoms with Gasteiger partial charge in [0.1, 0.15) is 7.05 Å². The number of hydrogen-bond donors (Lipinski definition) is 0. The zero-order valence-electron chi connectivity index (χ0n) is 17.1. The number of nitrogens with zero attached hydrogens (tertiary/aromatic N) is 2. The SMILES string of the molecule is CCCN(CCC)c1ccc(C=CC2=[N+](C)c3ccc(Cl)cc3C2(C)C)s1. The quantitative estimate of drug-likeness (QED) is 0.465. The first-order valence-electron chi connectivity index (χ1n) is 9.82. The van der Waals surface area contributed by atoms with Crippen LogP contribution in [0.5, 0.6) is 0 Å². The van der Waals surface area contributed by atoms with Crippen molar-refractivity contribution >= 4 is 45.4 Å². The van der Waals surface area contributed by atoms with Crippen molar-refractivity contribution < 1.29 is 4.58 Å². The van der Waals surface area contributed by atoms with Gasteiger partial charge in [-0.3, -0.25) is 0 Å². The molecule has 2 nitrogen and oxygen atoms in total. The molecule has 0 radical (unpaired) electrons. The van der Waals surface area contributed by atoms with Crippen LogP contribution in [-0.4, -0.2) is 30.4 Å². The highest BCUT2D eigenvalue weighted by molar-refractivity contribution is 7.16. The number of halogens is 1. The van der Waals surface area contributed by atoms with E-state index in [-0.39, 0.29) is 5.41 Å². The van der Waals surface area contributed by atoms with E-state index in [1.54, 1.807) is 0 Å². The lowest BCUT2D eigenvalue weighted by molar-refractivity contribution is -0.401. The summed E-state index contributed by atoms with van der Waals surface area (Å²) in [5, 5.41) is 2.17. The molecule has 0 saturated heterocycles. The van der Waals surface area contributed by atoms with E-state index in [0.29, 0.717) is 0 Å². The van der Waals surface area contributed by atoms with E-state index >= 15 is 0 Å². The van der Waals surface area contributed by atoms with Gasteiger partial charge in [0.2, 0.25) is 5.69 Å². The Morgan fingerprint density at radius 3 is 2.44 bits per heavy atom. The van der Waals surface area contributed by atoms with Crippen molar-refractivity contribution in [2.75, 3.05) is 25.0 Å². The molecule has 0 unspecified atom stereocenters. The van der Waals surface area contributed by atoms with E-state index in [2.05, 4.69) is 80.6 Å². The largest absolute Gasteiger partial charge is 0.363 e. The van der Waals surface area contributed by atoms with Crippen molar-refractivity contribution in [2.24, 2.45) is 0 Å². The van der Waals surface area contributed by atoms with Gasteiger partial charge in [0, 0.05) is 40.7 Å². The van der Waals surface area contributed by atoms with Gasteiger partial charge >= 0.3 is 0 Å². The van der Waals surface area contributed by atoms with Crippen LogP contribution in [0.4, 0.5) is 10.7 Å². The van der Waals surface area contributed by atoms with Crippen LogP contribution in [0.3, 0.4) is 0 Å². The summed E-state index contributed by atoms with van der Waals surface area (Å²) < 4.78 is 2.29. The van der Waals surface area contributed by atoms with Crippen molar-refractivity contribution in [2.45, 2.75) is 46.0 Å². The van der Waals surface area contributed by atoms with Crippen LogP contribution in [0.1, 0.15) is 51.0 Å². The highest BCUT2D eigenvalue weighted by atomic mass is 35.5. The molecule has 4 heteroatoms. The molecular weight excluding hydrogens is 372 g/mol. The standard InChI is InChI=1S/C23H30ClN2S/c1-6-14-26(15-7-2)22-13-10-18(27-22)9-12-21-23(3,4)19-16-17(24)8-11-20(19)25(21)5/h8-13,16H,6-7,14-15H2,1-5H3/q+1. The highest BCUT2D eigenvalue weighted by Crippen LogP contribution is 2.41. The maximum Gasteiger partial charge on any atom is 0.209 e. The molecule has 0 aliphatic carbocycles. The molecule has 0 atom stereocenters. The first kappa shape index (κ1) is 20.2. The summed E-state index contributed by atoms with van der Waals surface area (Å²) in [6, 6.07) is 10.7. The fourth-order valence-electron chi connectivity index (χ4n) is 3.94. The van der Waals surface area contributed by atoms with Crippen LogP contribution < -0.4 is 4.90 Å². The number of anilines is 1. The van der Waals surface area contributed by atoms with Crippen molar-refractivity contribution in [1.29, 1.82) is 0 Å². The molecule has 0 saturated carbocycles. The lowest BCUT2D eigenvalue weighted by atomic mass is 9.81. The average molecular weight is 402 g/mol. The molecule has 0 spiro atoms. The van der Waals surface area contributed by atoms with Crippen molar-refractivity contribution in [3.8, 4) is 0 Å². The molecule has 144 valence electrons. The van der Waals surface area contributed by atoms with Gasteiger partial charge in [0.25, 0.3) is 0 Å². The topological polar surface area (TPSA) is 6.25 Å². The summed E-state index contributed by atoms with van der Waals surface area (Å²) >= 11 is 8.13. The fourth-order valence-corrected chi connectivity index (χ4v) is 5.08. The molecule has 27 heavy (non-hydrogen) atoms. The Balaban J connectivity index is 1.86. The number of hydrogen-bond acceptors (Lipinski definition) is 2. The van der Waals surface area contributed by atoms with Gasteiger partial charge in [-0.15, -0.1) is 11.3 Å². The summed E-state index contributed by atoms with van der Waals surface area (Å²) in [5.74, 6) is 0. The molecule has 1 aromatic carbocycles. The second-order valence-electron chi connectivity index (χ2n) is 7.73. The Bertz CT molecular complexity index is 870. The third kappa shape index (κ3) is 4.00. The summed E-state index contributed by atoms with van der Waals surface area (Å²) in [7, 11) is 2.14. The predicted octanol–water partition coefficient (Wildman–Crippen LogP) is 6.75. The van der Waals surface area contributed by atoms with Crippen LogP contribution >= 0.6 is 22.9 Å². The van der Waals surface area contributed by atoms with Gasteiger partial charge in [-0.25, -0.2) is 0 Å². The Hall–Kier alpha value is -1.58.